The van der Waals surface area contributed by atoms with Crippen LogP contribution in [0.1, 0.15) is 30.0 Å². The average Bonchev–Trinajstić information content (AvgIpc) is 2.47. The minimum atomic E-state index is 0.654. The Labute approximate surface area is 136 Å². The Balaban J connectivity index is 2.31. The largest absolute Gasteiger partial charge is 0.496 e. The standard InChI is InChI=1S/C18H18Cl2O/c1-3-5-14-12-13(9-11-18(14)21-2)8-10-15-16(19)6-4-7-17(15)20/h4,6-12H,3,5H2,1-2H3. The summed E-state index contributed by atoms with van der Waals surface area (Å²) in [6, 6.07) is 11.7. The molecule has 0 amide bonds. The monoisotopic (exact) mass is 320 g/mol. The predicted molar refractivity (Wildman–Crippen MR) is 92.4 cm³/mol. The Morgan fingerprint density at radius 1 is 1.05 bits per heavy atom. The van der Waals surface area contributed by atoms with Crippen LogP contribution in [0.3, 0.4) is 0 Å². The van der Waals surface area contributed by atoms with Gasteiger partial charge in [-0.05, 0) is 41.8 Å². The number of methoxy groups -OCH3 is 1. The Morgan fingerprint density at radius 3 is 2.38 bits per heavy atom. The van der Waals surface area contributed by atoms with E-state index in [1.165, 1.54) is 5.56 Å². The van der Waals surface area contributed by atoms with Gasteiger partial charge in [0.15, 0.2) is 0 Å². The van der Waals surface area contributed by atoms with E-state index in [9.17, 15) is 0 Å². The summed E-state index contributed by atoms with van der Waals surface area (Å²) in [6.07, 6.45) is 6.05. The van der Waals surface area contributed by atoms with Gasteiger partial charge in [-0.3, -0.25) is 0 Å². The normalized spacial score (nSPS) is 11.0. The van der Waals surface area contributed by atoms with Gasteiger partial charge in [0.25, 0.3) is 0 Å². The fourth-order valence-corrected chi connectivity index (χ4v) is 2.74. The number of hydrogen-bond acceptors (Lipinski definition) is 1. The van der Waals surface area contributed by atoms with Gasteiger partial charge in [-0.15, -0.1) is 0 Å². The van der Waals surface area contributed by atoms with Gasteiger partial charge in [0.1, 0.15) is 5.75 Å². The number of hydrogen-bond donors (Lipinski definition) is 0. The van der Waals surface area contributed by atoms with Crippen LogP contribution in [0.4, 0.5) is 0 Å². The van der Waals surface area contributed by atoms with Crippen LogP contribution in [0.5, 0.6) is 5.75 Å². The Bertz CT molecular complexity index is 627. The molecule has 0 aliphatic carbocycles. The second-order valence-corrected chi connectivity index (χ2v) is 5.60. The van der Waals surface area contributed by atoms with Gasteiger partial charge >= 0.3 is 0 Å². The summed E-state index contributed by atoms with van der Waals surface area (Å²) >= 11 is 12.3. The van der Waals surface area contributed by atoms with Crippen LogP contribution in [0.25, 0.3) is 12.2 Å². The first-order valence-electron chi connectivity index (χ1n) is 6.94. The molecule has 0 N–H and O–H groups in total. The zero-order chi connectivity index (χ0) is 15.2. The average molecular weight is 321 g/mol. The quantitative estimate of drug-likeness (QED) is 0.602. The Morgan fingerprint density at radius 2 is 1.76 bits per heavy atom. The molecule has 2 aromatic carbocycles. The SMILES string of the molecule is CCCc1cc(C=Cc2c(Cl)cccc2Cl)ccc1OC. The molecule has 0 bridgehead atoms. The van der Waals surface area contributed by atoms with Gasteiger partial charge in [-0.1, -0.05) is 60.8 Å². The number of benzene rings is 2. The van der Waals surface area contributed by atoms with Crippen molar-refractivity contribution in [2.75, 3.05) is 7.11 Å². The zero-order valence-electron chi connectivity index (χ0n) is 12.2. The molecule has 0 spiro atoms. The van der Waals surface area contributed by atoms with Gasteiger partial charge in [-0.25, -0.2) is 0 Å². The molecule has 0 saturated carbocycles. The second kappa shape index (κ2) is 7.53. The van der Waals surface area contributed by atoms with E-state index in [1.807, 2.05) is 42.5 Å². The van der Waals surface area contributed by atoms with E-state index < -0.39 is 0 Å². The molecule has 0 saturated heterocycles. The van der Waals surface area contributed by atoms with Crippen molar-refractivity contribution in [2.24, 2.45) is 0 Å². The number of ether oxygens (including phenoxy) is 1. The maximum absolute atomic E-state index is 6.17. The molecule has 0 radical (unpaired) electrons. The van der Waals surface area contributed by atoms with E-state index in [2.05, 4.69) is 13.0 Å². The first-order valence-corrected chi connectivity index (χ1v) is 7.70. The fraction of sp³-hybridized carbons (Fsp3) is 0.222. The van der Waals surface area contributed by atoms with Crippen molar-refractivity contribution in [1.29, 1.82) is 0 Å². The molecule has 0 heterocycles. The summed E-state index contributed by atoms with van der Waals surface area (Å²) in [7, 11) is 1.70. The van der Waals surface area contributed by atoms with E-state index in [1.54, 1.807) is 7.11 Å². The highest BCUT2D eigenvalue weighted by Crippen LogP contribution is 2.27. The molecule has 110 valence electrons. The lowest BCUT2D eigenvalue weighted by Crippen LogP contribution is -1.92. The first-order chi connectivity index (χ1) is 10.2. The molecule has 0 aliphatic rings. The smallest absolute Gasteiger partial charge is 0.122 e. The summed E-state index contributed by atoms with van der Waals surface area (Å²) in [6.45, 7) is 2.16. The molecule has 3 heteroatoms. The van der Waals surface area contributed by atoms with E-state index in [-0.39, 0.29) is 0 Å². The molecule has 2 aromatic rings. The van der Waals surface area contributed by atoms with E-state index in [0.717, 1.165) is 29.7 Å². The zero-order valence-corrected chi connectivity index (χ0v) is 13.7. The number of halogens is 2. The van der Waals surface area contributed by atoms with Crippen LogP contribution >= 0.6 is 23.2 Å². The summed E-state index contributed by atoms with van der Waals surface area (Å²) in [5.74, 6) is 0.935. The number of aryl methyl sites for hydroxylation is 1. The fourth-order valence-electron chi connectivity index (χ4n) is 2.22. The topological polar surface area (TPSA) is 9.23 Å². The lowest BCUT2D eigenvalue weighted by Gasteiger charge is -2.08. The molecular weight excluding hydrogens is 303 g/mol. The highest BCUT2D eigenvalue weighted by atomic mass is 35.5. The summed E-state index contributed by atoms with van der Waals surface area (Å²) in [5.41, 5.74) is 3.16. The highest BCUT2D eigenvalue weighted by molar-refractivity contribution is 6.37. The molecular formula is C18H18Cl2O. The minimum Gasteiger partial charge on any atom is -0.496 e. The summed E-state index contributed by atoms with van der Waals surface area (Å²) in [5, 5.41) is 1.31. The maximum Gasteiger partial charge on any atom is 0.122 e. The third-order valence-electron chi connectivity index (χ3n) is 3.27. The summed E-state index contributed by atoms with van der Waals surface area (Å²) < 4.78 is 5.39. The van der Waals surface area contributed by atoms with Crippen LogP contribution in [-0.2, 0) is 6.42 Å². The lowest BCUT2D eigenvalue weighted by atomic mass is 10.0. The minimum absolute atomic E-state index is 0.654. The molecule has 2 rings (SSSR count). The summed E-state index contributed by atoms with van der Waals surface area (Å²) in [4.78, 5) is 0. The highest BCUT2D eigenvalue weighted by Gasteiger charge is 2.04. The maximum atomic E-state index is 6.17. The van der Waals surface area contributed by atoms with Crippen molar-refractivity contribution in [2.45, 2.75) is 19.8 Å². The van der Waals surface area contributed by atoms with Crippen molar-refractivity contribution < 1.29 is 4.74 Å². The van der Waals surface area contributed by atoms with Crippen LogP contribution in [0.15, 0.2) is 36.4 Å². The van der Waals surface area contributed by atoms with Crippen molar-refractivity contribution in [3.63, 3.8) is 0 Å². The van der Waals surface area contributed by atoms with Crippen LogP contribution in [0, 0.1) is 0 Å². The van der Waals surface area contributed by atoms with Crippen molar-refractivity contribution in [3.8, 4) is 5.75 Å². The van der Waals surface area contributed by atoms with E-state index in [4.69, 9.17) is 27.9 Å². The van der Waals surface area contributed by atoms with E-state index >= 15 is 0 Å². The first kappa shape index (κ1) is 15.9. The van der Waals surface area contributed by atoms with Crippen molar-refractivity contribution in [1.82, 2.24) is 0 Å². The van der Waals surface area contributed by atoms with Crippen molar-refractivity contribution >= 4 is 35.4 Å². The van der Waals surface area contributed by atoms with E-state index in [0.29, 0.717) is 10.0 Å². The van der Waals surface area contributed by atoms with Crippen molar-refractivity contribution in [3.05, 3.63) is 63.1 Å². The van der Waals surface area contributed by atoms with Gasteiger partial charge in [-0.2, -0.15) is 0 Å². The Kier molecular flexibility index (Phi) is 5.72. The third kappa shape index (κ3) is 4.03. The molecule has 0 aromatic heterocycles. The number of rotatable bonds is 5. The Hall–Kier alpha value is -1.44. The van der Waals surface area contributed by atoms with Gasteiger partial charge in [0.05, 0.1) is 7.11 Å². The van der Waals surface area contributed by atoms with Gasteiger partial charge < -0.3 is 4.74 Å². The lowest BCUT2D eigenvalue weighted by molar-refractivity contribution is 0.409. The predicted octanol–water partition coefficient (Wildman–Crippen LogP) is 6.12. The molecule has 1 nitrogen and oxygen atoms in total. The molecule has 0 fully saturated rings. The molecule has 0 atom stereocenters. The molecule has 0 aliphatic heterocycles. The van der Waals surface area contributed by atoms with Crippen LogP contribution in [0.2, 0.25) is 10.0 Å². The molecule has 0 unspecified atom stereocenters. The third-order valence-corrected chi connectivity index (χ3v) is 3.93. The molecule has 21 heavy (non-hydrogen) atoms. The van der Waals surface area contributed by atoms with Crippen LogP contribution < -0.4 is 4.74 Å². The van der Waals surface area contributed by atoms with Gasteiger partial charge in [0.2, 0.25) is 0 Å². The van der Waals surface area contributed by atoms with Crippen LogP contribution in [-0.4, -0.2) is 7.11 Å². The van der Waals surface area contributed by atoms with Gasteiger partial charge in [0, 0.05) is 15.6 Å². The second-order valence-electron chi connectivity index (χ2n) is 4.79.